The number of carbonyl (C=O) groups is 1. The van der Waals surface area contributed by atoms with Crippen molar-refractivity contribution in [3.63, 3.8) is 0 Å². The number of H-pyrrole nitrogens is 1. The molecule has 19 heavy (non-hydrogen) atoms. The van der Waals surface area contributed by atoms with E-state index in [0.29, 0.717) is 19.4 Å². The largest absolute Gasteiger partial charge is 0.399 e. The lowest BCUT2D eigenvalue weighted by Gasteiger charge is -2.05. The molecule has 4 N–H and O–H groups in total. The lowest BCUT2D eigenvalue weighted by molar-refractivity contribution is -0.121. The third-order valence-corrected chi connectivity index (χ3v) is 3.00. The molecular formula is C14H18N4O. The van der Waals surface area contributed by atoms with Crippen molar-refractivity contribution in [2.45, 2.75) is 26.3 Å². The molecule has 0 aliphatic rings. The average Bonchev–Trinajstić information content (AvgIpc) is 2.80. The molecule has 100 valence electrons. The van der Waals surface area contributed by atoms with E-state index in [0.717, 1.165) is 22.5 Å². The maximum Gasteiger partial charge on any atom is 0.220 e. The number of anilines is 1. The van der Waals surface area contributed by atoms with Crippen LogP contribution in [0.1, 0.15) is 23.2 Å². The summed E-state index contributed by atoms with van der Waals surface area (Å²) in [6, 6.07) is 7.61. The highest BCUT2D eigenvalue weighted by atomic mass is 16.1. The Morgan fingerprint density at radius 3 is 3.00 bits per heavy atom. The van der Waals surface area contributed by atoms with Crippen LogP contribution in [0.4, 0.5) is 5.69 Å². The van der Waals surface area contributed by atoms with Gasteiger partial charge in [0.1, 0.15) is 0 Å². The van der Waals surface area contributed by atoms with Crippen LogP contribution < -0.4 is 11.1 Å². The van der Waals surface area contributed by atoms with Crippen molar-refractivity contribution >= 4 is 11.6 Å². The van der Waals surface area contributed by atoms with Gasteiger partial charge < -0.3 is 11.1 Å². The van der Waals surface area contributed by atoms with E-state index in [1.807, 2.05) is 31.2 Å². The predicted molar refractivity (Wildman–Crippen MR) is 74.3 cm³/mol. The molecule has 0 unspecified atom stereocenters. The summed E-state index contributed by atoms with van der Waals surface area (Å²) in [6.07, 6.45) is 2.88. The highest BCUT2D eigenvalue weighted by Crippen LogP contribution is 2.09. The Morgan fingerprint density at radius 1 is 1.47 bits per heavy atom. The van der Waals surface area contributed by atoms with Gasteiger partial charge in [-0.1, -0.05) is 12.1 Å². The average molecular weight is 258 g/mol. The van der Waals surface area contributed by atoms with Crippen LogP contribution in [0.5, 0.6) is 0 Å². The monoisotopic (exact) mass is 258 g/mol. The van der Waals surface area contributed by atoms with Gasteiger partial charge in [0.2, 0.25) is 5.91 Å². The predicted octanol–water partition coefficient (Wildman–Crippen LogP) is 1.55. The van der Waals surface area contributed by atoms with E-state index in [4.69, 9.17) is 5.73 Å². The molecule has 0 saturated heterocycles. The molecule has 0 spiro atoms. The molecule has 1 amide bonds. The quantitative estimate of drug-likeness (QED) is 0.711. The number of nitrogens with one attached hydrogen (secondary N) is 2. The first-order valence-corrected chi connectivity index (χ1v) is 6.25. The van der Waals surface area contributed by atoms with Gasteiger partial charge in [-0.05, 0) is 31.0 Å². The smallest absolute Gasteiger partial charge is 0.220 e. The maximum absolute atomic E-state index is 11.7. The van der Waals surface area contributed by atoms with Crippen molar-refractivity contribution in [3.8, 4) is 0 Å². The summed E-state index contributed by atoms with van der Waals surface area (Å²) in [4.78, 5) is 11.7. The van der Waals surface area contributed by atoms with Gasteiger partial charge in [0.25, 0.3) is 0 Å². The Kier molecular flexibility index (Phi) is 4.18. The molecule has 0 saturated carbocycles. The Bertz CT molecular complexity index is 562. The van der Waals surface area contributed by atoms with Crippen LogP contribution in [0.15, 0.2) is 30.5 Å². The van der Waals surface area contributed by atoms with Gasteiger partial charge in [-0.25, -0.2) is 0 Å². The van der Waals surface area contributed by atoms with Gasteiger partial charge in [0.15, 0.2) is 0 Å². The fourth-order valence-electron chi connectivity index (χ4n) is 1.84. The minimum atomic E-state index is 0.0306. The molecule has 0 bridgehead atoms. The first-order valence-electron chi connectivity index (χ1n) is 6.25. The van der Waals surface area contributed by atoms with Crippen LogP contribution in [0.25, 0.3) is 0 Å². The van der Waals surface area contributed by atoms with Gasteiger partial charge in [-0.2, -0.15) is 5.10 Å². The summed E-state index contributed by atoms with van der Waals surface area (Å²) >= 11 is 0. The normalized spacial score (nSPS) is 10.4. The molecule has 1 aromatic carbocycles. The zero-order valence-corrected chi connectivity index (χ0v) is 10.9. The number of benzene rings is 1. The van der Waals surface area contributed by atoms with Crippen molar-refractivity contribution in [1.29, 1.82) is 0 Å². The van der Waals surface area contributed by atoms with Gasteiger partial charge in [0, 0.05) is 29.9 Å². The zero-order valence-electron chi connectivity index (χ0n) is 10.9. The minimum absolute atomic E-state index is 0.0306. The number of hydrogen-bond donors (Lipinski definition) is 3. The third kappa shape index (κ3) is 3.84. The van der Waals surface area contributed by atoms with Crippen LogP contribution in [0, 0.1) is 6.92 Å². The fraction of sp³-hybridized carbons (Fsp3) is 0.286. The van der Waals surface area contributed by atoms with Crippen LogP contribution in [-0.4, -0.2) is 16.1 Å². The molecule has 0 aliphatic heterocycles. The van der Waals surface area contributed by atoms with Crippen molar-refractivity contribution in [1.82, 2.24) is 15.5 Å². The zero-order chi connectivity index (χ0) is 13.7. The lowest BCUT2D eigenvalue weighted by Crippen LogP contribution is -2.23. The summed E-state index contributed by atoms with van der Waals surface area (Å²) in [5, 5.41) is 9.63. The van der Waals surface area contributed by atoms with Crippen LogP contribution in [-0.2, 0) is 17.8 Å². The first-order chi connectivity index (χ1) is 9.15. The van der Waals surface area contributed by atoms with E-state index < -0.39 is 0 Å². The summed E-state index contributed by atoms with van der Waals surface area (Å²) in [5.74, 6) is 0.0306. The molecule has 0 atom stereocenters. The van der Waals surface area contributed by atoms with Gasteiger partial charge >= 0.3 is 0 Å². The number of nitrogens with zero attached hydrogens (tertiary/aromatic N) is 1. The molecule has 0 aliphatic carbocycles. The Balaban J connectivity index is 1.77. The summed E-state index contributed by atoms with van der Waals surface area (Å²) in [7, 11) is 0. The van der Waals surface area contributed by atoms with Crippen molar-refractivity contribution in [2.24, 2.45) is 0 Å². The van der Waals surface area contributed by atoms with Crippen molar-refractivity contribution < 1.29 is 4.79 Å². The number of hydrogen-bond acceptors (Lipinski definition) is 3. The topological polar surface area (TPSA) is 83.8 Å². The summed E-state index contributed by atoms with van der Waals surface area (Å²) in [5.41, 5.74) is 9.49. The Hall–Kier alpha value is -2.30. The number of aryl methyl sites for hydroxylation is 2. The summed E-state index contributed by atoms with van der Waals surface area (Å²) in [6.45, 7) is 2.44. The molecule has 0 fully saturated rings. The fourth-order valence-corrected chi connectivity index (χ4v) is 1.84. The standard InChI is InChI=1S/C14H18N4O/c1-10-12(9-17-18-10)8-16-14(19)6-5-11-3-2-4-13(15)7-11/h2-4,7,9H,5-6,8,15H2,1H3,(H,16,19)(H,17,18). The molecule has 0 radical (unpaired) electrons. The van der Waals surface area contributed by atoms with E-state index in [1.54, 1.807) is 6.20 Å². The second-order valence-electron chi connectivity index (χ2n) is 4.54. The first kappa shape index (κ1) is 13.1. The van der Waals surface area contributed by atoms with E-state index in [-0.39, 0.29) is 5.91 Å². The second-order valence-corrected chi connectivity index (χ2v) is 4.54. The van der Waals surface area contributed by atoms with Crippen LogP contribution >= 0.6 is 0 Å². The van der Waals surface area contributed by atoms with Crippen LogP contribution in [0.3, 0.4) is 0 Å². The van der Waals surface area contributed by atoms with Gasteiger partial charge in [0.05, 0.1) is 6.20 Å². The number of amides is 1. The van der Waals surface area contributed by atoms with E-state index in [2.05, 4.69) is 15.5 Å². The van der Waals surface area contributed by atoms with Crippen LogP contribution in [0.2, 0.25) is 0 Å². The maximum atomic E-state index is 11.7. The second kappa shape index (κ2) is 6.04. The number of aromatic nitrogens is 2. The number of carbonyl (C=O) groups excluding carboxylic acids is 1. The molecule has 2 aromatic rings. The Morgan fingerprint density at radius 2 is 2.32 bits per heavy atom. The molecular weight excluding hydrogens is 240 g/mol. The van der Waals surface area contributed by atoms with Gasteiger partial charge in [-0.15, -0.1) is 0 Å². The number of aromatic amines is 1. The highest BCUT2D eigenvalue weighted by Gasteiger charge is 2.05. The molecule has 5 nitrogen and oxygen atoms in total. The molecule has 5 heteroatoms. The number of nitrogens with two attached hydrogens (primary N) is 1. The number of nitrogen functional groups attached to an aromatic ring is 1. The van der Waals surface area contributed by atoms with E-state index >= 15 is 0 Å². The van der Waals surface area contributed by atoms with Crippen molar-refractivity contribution in [3.05, 3.63) is 47.3 Å². The molecule has 2 rings (SSSR count). The summed E-state index contributed by atoms with van der Waals surface area (Å²) < 4.78 is 0. The van der Waals surface area contributed by atoms with E-state index in [1.165, 1.54) is 0 Å². The minimum Gasteiger partial charge on any atom is -0.399 e. The molecule has 1 aromatic heterocycles. The highest BCUT2D eigenvalue weighted by molar-refractivity contribution is 5.76. The lowest BCUT2D eigenvalue weighted by atomic mass is 10.1. The van der Waals surface area contributed by atoms with Crippen molar-refractivity contribution in [2.75, 3.05) is 5.73 Å². The number of rotatable bonds is 5. The Labute approximate surface area is 112 Å². The third-order valence-electron chi connectivity index (χ3n) is 3.00. The van der Waals surface area contributed by atoms with Gasteiger partial charge in [-0.3, -0.25) is 9.89 Å². The van der Waals surface area contributed by atoms with E-state index in [9.17, 15) is 4.79 Å². The molecule has 1 heterocycles. The SMILES string of the molecule is Cc1[nH]ncc1CNC(=O)CCc1cccc(N)c1.